The Morgan fingerprint density at radius 1 is 1.04 bits per heavy atom. The van der Waals surface area contributed by atoms with Gasteiger partial charge >= 0.3 is 0 Å². The van der Waals surface area contributed by atoms with Crippen molar-refractivity contribution in [3.05, 3.63) is 69.8 Å². The van der Waals surface area contributed by atoms with Crippen molar-refractivity contribution in [2.24, 2.45) is 0 Å². The van der Waals surface area contributed by atoms with E-state index < -0.39 is 0 Å². The SMILES string of the molecule is Cc1ccc(-c2cnc(N)c(C#N)c2-c2cccc(Cl)c2Cl)cc1. The van der Waals surface area contributed by atoms with E-state index >= 15 is 0 Å². The Bertz CT molecular complexity index is 958. The summed E-state index contributed by atoms with van der Waals surface area (Å²) in [4.78, 5) is 4.17. The number of hydrogen-bond acceptors (Lipinski definition) is 3. The first-order chi connectivity index (χ1) is 11.5. The van der Waals surface area contributed by atoms with Crippen molar-refractivity contribution in [1.29, 1.82) is 5.26 Å². The monoisotopic (exact) mass is 353 g/mol. The average Bonchev–Trinajstić information content (AvgIpc) is 2.58. The fraction of sp³-hybridized carbons (Fsp3) is 0.0526. The highest BCUT2D eigenvalue weighted by Crippen LogP contribution is 2.41. The van der Waals surface area contributed by atoms with E-state index in [1.807, 2.05) is 37.3 Å². The Morgan fingerprint density at radius 2 is 1.75 bits per heavy atom. The molecule has 0 atom stereocenters. The minimum atomic E-state index is 0.166. The Hall–Kier alpha value is -2.54. The van der Waals surface area contributed by atoms with Crippen LogP contribution in [0.5, 0.6) is 0 Å². The first-order valence-corrected chi connectivity index (χ1v) is 7.98. The van der Waals surface area contributed by atoms with Gasteiger partial charge in [0, 0.05) is 22.9 Å². The predicted octanol–water partition coefficient (Wildman–Crippen LogP) is 5.48. The van der Waals surface area contributed by atoms with Gasteiger partial charge in [0.2, 0.25) is 0 Å². The molecule has 0 unspecified atom stereocenters. The Kier molecular flexibility index (Phi) is 4.44. The third-order valence-electron chi connectivity index (χ3n) is 3.80. The Balaban J connectivity index is 2.38. The molecule has 2 N–H and O–H groups in total. The minimum absolute atomic E-state index is 0.166. The fourth-order valence-corrected chi connectivity index (χ4v) is 2.96. The van der Waals surface area contributed by atoms with Gasteiger partial charge in [0.1, 0.15) is 17.5 Å². The lowest BCUT2D eigenvalue weighted by Crippen LogP contribution is -2.00. The van der Waals surface area contributed by atoms with Gasteiger partial charge in [-0.3, -0.25) is 0 Å². The van der Waals surface area contributed by atoms with E-state index in [0.717, 1.165) is 16.7 Å². The number of nitrogen functional groups attached to an aromatic ring is 1. The van der Waals surface area contributed by atoms with Gasteiger partial charge in [0.05, 0.1) is 10.0 Å². The highest BCUT2D eigenvalue weighted by molar-refractivity contribution is 6.43. The topological polar surface area (TPSA) is 62.7 Å². The van der Waals surface area contributed by atoms with Gasteiger partial charge in [-0.05, 0) is 18.6 Å². The largest absolute Gasteiger partial charge is 0.383 e. The first-order valence-electron chi connectivity index (χ1n) is 7.23. The summed E-state index contributed by atoms with van der Waals surface area (Å²) in [5, 5.41) is 10.4. The van der Waals surface area contributed by atoms with E-state index in [2.05, 4.69) is 11.1 Å². The van der Waals surface area contributed by atoms with E-state index in [9.17, 15) is 5.26 Å². The predicted molar refractivity (Wildman–Crippen MR) is 99.0 cm³/mol. The van der Waals surface area contributed by atoms with Crippen LogP contribution < -0.4 is 5.73 Å². The molecule has 0 aliphatic carbocycles. The lowest BCUT2D eigenvalue weighted by atomic mass is 9.92. The average molecular weight is 354 g/mol. The second-order valence-corrected chi connectivity index (χ2v) is 6.17. The van der Waals surface area contributed by atoms with Crippen LogP contribution in [0.15, 0.2) is 48.7 Å². The zero-order valence-corrected chi connectivity index (χ0v) is 14.4. The summed E-state index contributed by atoms with van der Waals surface area (Å²) in [6, 6.07) is 15.4. The van der Waals surface area contributed by atoms with Gasteiger partial charge in [-0.25, -0.2) is 4.98 Å². The van der Waals surface area contributed by atoms with Crippen LogP contribution in [0.3, 0.4) is 0 Å². The molecule has 24 heavy (non-hydrogen) atoms. The van der Waals surface area contributed by atoms with Crippen LogP contribution in [-0.2, 0) is 0 Å². The van der Waals surface area contributed by atoms with Crippen LogP contribution in [0.1, 0.15) is 11.1 Å². The van der Waals surface area contributed by atoms with Gasteiger partial charge in [-0.2, -0.15) is 5.26 Å². The summed E-state index contributed by atoms with van der Waals surface area (Å²) in [5.41, 5.74) is 10.4. The number of aromatic nitrogens is 1. The molecule has 0 bridgehead atoms. The lowest BCUT2D eigenvalue weighted by molar-refractivity contribution is 1.31. The van der Waals surface area contributed by atoms with Gasteiger partial charge in [-0.15, -0.1) is 0 Å². The van der Waals surface area contributed by atoms with E-state index in [4.69, 9.17) is 28.9 Å². The van der Waals surface area contributed by atoms with Crippen molar-refractivity contribution < 1.29 is 0 Å². The van der Waals surface area contributed by atoms with Crippen LogP contribution in [0.25, 0.3) is 22.3 Å². The zero-order valence-electron chi connectivity index (χ0n) is 12.8. The van der Waals surface area contributed by atoms with Gasteiger partial charge in [0.15, 0.2) is 0 Å². The summed E-state index contributed by atoms with van der Waals surface area (Å²) < 4.78 is 0. The van der Waals surface area contributed by atoms with E-state index in [1.165, 1.54) is 0 Å². The molecule has 0 aliphatic heterocycles. The maximum atomic E-state index is 9.59. The molecule has 2 aromatic carbocycles. The zero-order chi connectivity index (χ0) is 17.3. The quantitative estimate of drug-likeness (QED) is 0.662. The van der Waals surface area contributed by atoms with Gasteiger partial charge < -0.3 is 5.73 Å². The molecule has 3 nitrogen and oxygen atoms in total. The third kappa shape index (κ3) is 2.82. The smallest absolute Gasteiger partial charge is 0.141 e. The Labute approximate surface area is 150 Å². The molecule has 3 aromatic rings. The van der Waals surface area contributed by atoms with Crippen LogP contribution in [0.4, 0.5) is 5.82 Å². The number of hydrogen-bond donors (Lipinski definition) is 1. The number of halogens is 2. The minimum Gasteiger partial charge on any atom is -0.383 e. The fourth-order valence-electron chi connectivity index (χ4n) is 2.57. The summed E-state index contributed by atoms with van der Waals surface area (Å²) in [5.74, 6) is 0.166. The highest BCUT2D eigenvalue weighted by Gasteiger charge is 2.19. The van der Waals surface area contributed by atoms with Crippen LogP contribution >= 0.6 is 23.2 Å². The van der Waals surface area contributed by atoms with Crippen LogP contribution in [0, 0.1) is 18.3 Å². The number of rotatable bonds is 2. The molecule has 0 spiro atoms. The number of pyridine rings is 1. The van der Waals surface area contributed by atoms with Crippen molar-refractivity contribution in [2.75, 3.05) is 5.73 Å². The van der Waals surface area contributed by atoms with Crippen LogP contribution in [0.2, 0.25) is 10.0 Å². The van der Waals surface area contributed by atoms with E-state index in [0.29, 0.717) is 21.2 Å². The van der Waals surface area contributed by atoms with E-state index in [1.54, 1.807) is 18.3 Å². The highest BCUT2D eigenvalue weighted by atomic mass is 35.5. The molecule has 0 saturated heterocycles. The molecular formula is C19H13Cl2N3. The molecule has 0 aliphatic rings. The van der Waals surface area contributed by atoms with Crippen molar-refractivity contribution in [1.82, 2.24) is 4.98 Å². The second-order valence-electron chi connectivity index (χ2n) is 5.39. The molecule has 3 rings (SSSR count). The van der Waals surface area contributed by atoms with E-state index in [-0.39, 0.29) is 11.4 Å². The van der Waals surface area contributed by atoms with Crippen molar-refractivity contribution in [2.45, 2.75) is 6.92 Å². The van der Waals surface area contributed by atoms with Crippen molar-refractivity contribution in [3.63, 3.8) is 0 Å². The molecule has 0 amide bonds. The summed E-state index contributed by atoms with van der Waals surface area (Å²) >= 11 is 12.5. The number of nitrogens with zero attached hydrogens (tertiary/aromatic N) is 2. The summed E-state index contributed by atoms with van der Waals surface area (Å²) in [6.07, 6.45) is 1.66. The van der Waals surface area contributed by atoms with Crippen molar-refractivity contribution in [3.8, 4) is 28.3 Å². The number of nitriles is 1. The number of anilines is 1. The number of nitrogens with two attached hydrogens (primary N) is 1. The number of benzene rings is 2. The van der Waals surface area contributed by atoms with Gasteiger partial charge in [0.25, 0.3) is 0 Å². The molecular weight excluding hydrogens is 341 g/mol. The molecule has 0 radical (unpaired) electrons. The number of aryl methyl sites for hydroxylation is 1. The standard InChI is InChI=1S/C19H13Cl2N3/c1-11-5-7-12(8-6-11)15-10-24-19(23)14(9-22)17(15)13-3-2-4-16(20)18(13)21/h2-8,10H,1H3,(H2,23,24). The molecule has 0 saturated carbocycles. The van der Waals surface area contributed by atoms with Crippen molar-refractivity contribution >= 4 is 29.0 Å². The third-order valence-corrected chi connectivity index (χ3v) is 4.62. The lowest BCUT2D eigenvalue weighted by Gasteiger charge is -2.15. The maximum absolute atomic E-state index is 9.59. The molecule has 0 fully saturated rings. The first kappa shape index (κ1) is 16.3. The molecule has 1 aromatic heterocycles. The molecule has 1 heterocycles. The molecule has 5 heteroatoms. The second kappa shape index (κ2) is 6.52. The molecule has 118 valence electrons. The summed E-state index contributed by atoms with van der Waals surface area (Å²) in [6.45, 7) is 2.01. The Morgan fingerprint density at radius 3 is 2.42 bits per heavy atom. The maximum Gasteiger partial charge on any atom is 0.141 e. The normalized spacial score (nSPS) is 10.4. The van der Waals surface area contributed by atoms with Crippen LogP contribution in [-0.4, -0.2) is 4.98 Å². The summed E-state index contributed by atoms with van der Waals surface area (Å²) in [7, 11) is 0. The van der Waals surface area contributed by atoms with Gasteiger partial charge in [-0.1, -0.05) is 65.2 Å².